The van der Waals surface area contributed by atoms with Gasteiger partial charge in [-0.05, 0) is 64.7 Å². The summed E-state index contributed by atoms with van der Waals surface area (Å²) in [6.07, 6.45) is 5.79. The van der Waals surface area contributed by atoms with Crippen LogP contribution < -0.4 is 21.9 Å². The first kappa shape index (κ1) is 26.8. The van der Waals surface area contributed by atoms with E-state index in [1.807, 2.05) is 13.8 Å². The average molecular weight is 438 g/mol. The Balaban J connectivity index is 0.000000409. The summed E-state index contributed by atoms with van der Waals surface area (Å²) in [6, 6.07) is 0. The van der Waals surface area contributed by atoms with Crippen LogP contribution in [0.15, 0.2) is 4.79 Å². The van der Waals surface area contributed by atoms with Gasteiger partial charge in [0.05, 0.1) is 5.56 Å². The molecule has 0 bridgehead atoms. The summed E-state index contributed by atoms with van der Waals surface area (Å²) < 4.78 is 6.22. The number of hydrogen-bond donors (Lipinski definition) is 2. The van der Waals surface area contributed by atoms with Crippen LogP contribution in [0.2, 0.25) is 0 Å². The molecule has 3 rings (SSSR count). The van der Waals surface area contributed by atoms with Gasteiger partial charge in [0.2, 0.25) is 5.95 Å². The molecule has 1 amide bonds. The zero-order valence-electron chi connectivity index (χ0n) is 20.7. The van der Waals surface area contributed by atoms with Crippen LogP contribution >= 0.6 is 0 Å². The number of primary amides is 1. The van der Waals surface area contributed by atoms with Crippen LogP contribution in [0.1, 0.15) is 79.2 Å². The van der Waals surface area contributed by atoms with Crippen molar-refractivity contribution >= 4 is 17.9 Å². The van der Waals surface area contributed by atoms with Gasteiger partial charge in [-0.2, -0.15) is 4.98 Å². The maximum absolute atomic E-state index is 12.2. The second kappa shape index (κ2) is 10.9. The van der Waals surface area contributed by atoms with Crippen molar-refractivity contribution in [2.75, 3.05) is 23.7 Å². The summed E-state index contributed by atoms with van der Waals surface area (Å²) in [4.78, 5) is 28.9. The Kier molecular flexibility index (Phi) is 9.39. The lowest BCUT2D eigenvalue weighted by molar-refractivity contribution is 0.0600. The van der Waals surface area contributed by atoms with E-state index < -0.39 is 11.7 Å². The molecule has 1 aromatic rings. The van der Waals surface area contributed by atoms with E-state index in [2.05, 4.69) is 21.5 Å². The van der Waals surface area contributed by atoms with E-state index in [1.165, 1.54) is 32.1 Å². The van der Waals surface area contributed by atoms with Gasteiger partial charge in [-0.25, -0.2) is 4.79 Å². The van der Waals surface area contributed by atoms with Crippen molar-refractivity contribution in [1.29, 1.82) is 0 Å². The van der Waals surface area contributed by atoms with Crippen molar-refractivity contribution in [3.8, 4) is 0 Å². The summed E-state index contributed by atoms with van der Waals surface area (Å²) in [7, 11) is 1.79. The number of hydrogen-bond acceptors (Lipinski definition) is 6. The van der Waals surface area contributed by atoms with Crippen molar-refractivity contribution in [3.63, 3.8) is 0 Å². The summed E-state index contributed by atoms with van der Waals surface area (Å²) >= 11 is 0. The van der Waals surface area contributed by atoms with Crippen LogP contribution in [0.25, 0.3) is 0 Å². The molecule has 8 nitrogen and oxygen atoms in total. The highest BCUT2D eigenvalue weighted by Crippen LogP contribution is 2.48. The van der Waals surface area contributed by atoms with Crippen LogP contribution in [-0.4, -0.2) is 34.3 Å². The Morgan fingerprint density at radius 1 is 1.19 bits per heavy atom. The van der Waals surface area contributed by atoms with E-state index in [9.17, 15) is 9.59 Å². The van der Waals surface area contributed by atoms with E-state index in [-0.39, 0.29) is 5.56 Å². The molecule has 1 spiro atoms. The number of carbonyl (C=O) groups is 1. The molecule has 178 valence electrons. The maximum atomic E-state index is 12.2. The number of ether oxygens (including phenoxy) is 1. The van der Waals surface area contributed by atoms with Crippen molar-refractivity contribution < 1.29 is 9.53 Å². The van der Waals surface area contributed by atoms with Gasteiger partial charge in [0.25, 0.3) is 5.56 Å². The zero-order chi connectivity index (χ0) is 24.0. The van der Waals surface area contributed by atoms with Gasteiger partial charge < -0.3 is 21.1 Å². The molecule has 1 saturated carbocycles. The third kappa shape index (κ3) is 7.43. The first-order valence-corrected chi connectivity index (χ1v) is 11.4. The van der Waals surface area contributed by atoms with E-state index in [1.54, 1.807) is 39.3 Å². The van der Waals surface area contributed by atoms with Gasteiger partial charge in [-0.15, -0.1) is 0 Å². The van der Waals surface area contributed by atoms with E-state index in [0.717, 1.165) is 25.0 Å². The Morgan fingerprint density at radius 2 is 1.74 bits per heavy atom. The second-order valence-electron chi connectivity index (χ2n) is 9.65. The molecule has 1 aliphatic heterocycles. The monoisotopic (exact) mass is 437 g/mol. The predicted molar refractivity (Wildman–Crippen MR) is 127 cm³/mol. The topological polar surface area (TPSA) is 116 Å². The second-order valence-corrected chi connectivity index (χ2v) is 9.65. The third-order valence-corrected chi connectivity index (χ3v) is 5.99. The minimum absolute atomic E-state index is 0.0349. The lowest BCUT2D eigenvalue weighted by Gasteiger charge is -2.40. The number of nitrogens with zero attached hydrogens (tertiary/aromatic N) is 3. The molecular formula is C23H43N5O3. The molecule has 1 unspecified atom stereocenters. The van der Waals surface area contributed by atoms with Crippen LogP contribution in [0.3, 0.4) is 0 Å². The van der Waals surface area contributed by atoms with Crippen molar-refractivity contribution in [3.05, 3.63) is 15.9 Å². The number of piperidine rings is 1. The van der Waals surface area contributed by atoms with Crippen molar-refractivity contribution in [2.45, 2.75) is 86.2 Å². The van der Waals surface area contributed by atoms with Gasteiger partial charge in [0.1, 0.15) is 11.4 Å². The minimum atomic E-state index is -0.725. The Labute approximate surface area is 187 Å². The molecule has 2 heterocycles. The summed E-state index contributed by atoms with van der Waals surface area (Å²) in [6.45, 7) is 15.4. The van der Waals surface area contributed by atoms with Gasteiger partial charge >= 0.3 is 6.09 Å². The Morgan fingerprint density at radius 3 is 2.13 bits per heavy atom. The standard InChI is InChI=1S/C16H26N4O.C5H11NO2.C2H6/c1-11-4-5-16(10-11)6-8-20(9-7-16)15-18-13(17)12(2)14(21)19(15)3;1-5(2,3)8-4(6)7;1-2/h11H,4-10,17H2,1-3H3;1-3H3,(H2,6,7);1-2H3. The minimum Gasteiger partial charge on any atom is -0.444 e. The fourth-order valence-corrected chi connectivity index (χ4v) is 4.43. The predicted octanol–water partition coefficient (Wildman–Crippen LogP) is 3.98. The van der Waals surface area contributed by atoms with Gasteiger partial charge in [-0.1, -0.05) is 27.2 Å². The SMILES string of the molecule is CC.CC(C)(C)OC(N)=O.Cc1c(N)nc(N2CCC3(CCC(C)C3)CC2)n(C)c1=O. The molecule has 1 saturated heterocycles. The van der Waals surface area contributed by atoms with Crippen molar-refractivity contribution in [2.24, 2.45) is 24.1 Å². The van der Waals surface area contributed by atoms with E-state index in [4.69, 9.17) is 11.5 Å². The highest BCUT2D eigenvalue weighted by atomic mass is 16.6. The number of aromatic nitrogens is 2. The normalized spacial score (nSPS) is 19.7. The number of rotatable bonds is 1. The van der Waals surface area contributed by atoms with Crippen LogP contribution in [0, 0.1) is 18.3 Å². The maximum Gasteiger partial charge on any atom is 0.405 e. The number of amides is 1. The molecule has 4 N–H and O–H groups in total. The highest BCUT2D eigenvalue weighted by molar-refractivity contribution is 5.65. The fourth-order valence-electron chi connectivity index (χ4n) is 4.43. The smallest absolute Gasteiger partial charge is 0.405 e. The van der Waals surface area contributed by atoms with Gasteiger partial charge in [-0.3, -0.25) is 9.36 Å². The quantitative estimate of drug-likeness (QED) is 0.686. The highest BCUT2D eigenvalue weighted by Gasteiger charge is 2.40. The summed E-state index contributed by atoms with van der Waals surface area (Å²) in [5.74, 6) is 1.96. The molecule has 1 aromatic heterocycles. The van der Waals surface area contributed by atoms with Crippen molar-refractivity contribution in [1.82, 2.24) is 9.55 Å². The number of nitrogen functional groups attached to an aromatic ring is 1. The lowest BCUT2D eigenvalue weighted by Crippen LogP contribution is -2.42. The third-order valence-electron chi connectivity index (χ3n) is 5.99. The summed E-state index contributed by atoms with van der Waals surface area (Å²) in [5, 5.41) is 0. The molecule has 31 heavy (non-hydrogen) atoms. The van der Waals surface area contributed by atoms with Crippen LogP contribution in [0.5, 0.6) is 0 Å². The number of carbonyl (C=O) groups excluding carboxylic acids is 1. The number of nitrogens with two attached hydrogens (primary N) is 2. The largest absolute Gasteiger partial charge is 0.444 e. The molecule has 2 aliphatic rings. The molecule has 2 fully saturated rings. The molecule has 0 aromatic carbocycles. The number of anilines is 2. The van der Waals surface area contributed by atoms with Gasteiger partial charge in [0, 0.05) is 20.1 Å². The molecule has 1 atom stereocenters. The Bertz CT molecular complexity index is 790. The molecule has 1 aliphatic carbocycles. The Hall–Kier alpha value is -2.25. The van der Waals surface area contributed by atoms with Crippen LogP contribution in [-0.2, 0) is 11.8 Å². The average Bonchev–Trinajstić information content (AvgIpc) is 3.04. The first-order chi connectivity index (χ1) is 14.3. The molecule has 0 radical (unpaired) electrons. The summed E-state index contributed by atoms with van der Waals surface area (Å²) in [5.41, 5.74) is 11.2. The molecular weight excluding hydrogens is 394 g/mol. The molecule has 8 heteroatoms. The van der Waals surface area contributed by atoms with Gasteiger partial charge in [0.15, 0.2) is 0 Å². The van der Waals surface area contributed by atoms with Crippen LogP contribution in [0.4, 0.5) is 16.6 Å². The zero-order valence-corrected chi connectivity index (χ0v) is 20.7. The van der Waals surface area contributed by atoms with E-state index in [0.29, 0.717) is 16.8 Å². The first-order valence-electron chi connectivity index (χ1n) is 11.4. The lowest BCUT2D eigenvalue weighted by atomic mass is 9.76. The van der Waals surface area contributed by atoms with E-state index >= 15 is 0 Å². The fraction of sp³-hybridized carbons (Fsp3) is 0.783.